The number of amides is 1. The second-order valence-electron chi connectivity index (χ2n) is 6.01. The summed E-state index contributed by atoms with van der Waals surface area (Å²) >= 11 is 7.02. The van der Waals surface area contributed by atoms with Crippen molar-refractivity contribution in [2.45, 2.75) is 6.04 Å². The predicted molar refractivity (Wildman–Crippen MR) is 105 cm³/mol. The number of aliphatic hydroxyl groups excluding tert-OH is 1. The average molecular weight is 415 g/mol. The molecule has 8 heteroatoms. The highest BCUT2D eigenvalue weighted by molar-refractivity contribution is 7.14. The smallest absolute Gasteiger partial charge is 0.301 e. The van der Waals surface area contributed by atoms with Gasteiger partial charge >= 0.3 is 5.91 Å². The maximum atomic E-state index is 14.6. The first-order chi connectivity index (χ1) is 13.5. The van der Waals surface area contributed by atoms with Crippen molar-refractivity contribution >= 4 is 45.5 Å². The van der Waals surface area contributed by atoms with E-state index in [0.717, 1.165) is 16.2 Å². The van der Waals surface area contributed by atoms with Gasteiger partial charge in [-0.25, -0.2) is 9.37 Å². The number of aliphatic hydroxyl groups is 1. The molecular formula is C20H12ClFN2O3S. The topological polar surface area (TPSA) is 70.5 Å². The summed E-state index contributed by atoms with van der Waals surface area (Å²) in [7, 11) is 0. The standard InChI is InChI=1S/C20H12ClFN2O3S/c21-12-7-5-11(6-8-12)17(25)15-16(13-3-1-2-4-14(13)22)24(19(27)18(15)26)20-23-9-10-28-20/h1-10,16,25H/b17-15+. The van der Waals surface area contributed by atoms with Crippen LogP contribution in [0, 0.1) is 5.82 Å². The van der Waals surface area contributed by atoms with Crippen LogP contribution in [0.4, 0.5) is 9.52 Å². The Morgan fingerprint density at radius 2 is 1.86 bits per heavy atom. The number of hydrogen-bond donors (Lipinski definition) is 1. The Morgan fingerprint density at radius 1 is 1.14 bits per heavy atom. The summed E-state index contributed by atoms with van der Waals surface area (Å²) in [4.78, 5) is 30.8. The molecule has 1 aromatic heterocycles. The van der Waals surface area contributed by atoms with E-state index in [1.807, 2.05) is 0 Å². The first-order valence-electron chi connectivity index (χ1n) is 8.20. The SMILES string of the molecule is O=C1C(=O)N(c2nccs2)C(c2ccccc2F)/C1=C(\O)c1ccc(Cl)cc1. The van der Waals surface area contributed by atoms with Gasteiger partial charge in [0.1, 0.15) is 17.6 Å². The molecule has 1 aliphatic heterocycles. The third-order valence-electron chi connectivity index (χ3n) is 4.39. The van der Waals surface area contributed by atoms with Crippen LogP contribution in [0.5, 0.6) is 0 Å². The number of thiazole rings is 1. The highest BCUT2D eigenvalue weighted by Gasteiger charge is 2.48. The summed E-state index contributed by atoms with van der Waals surface area (Å²) in [5.41, 5.74) is 0.183. The van der Waals surface area contributed by atoms with E-state index in [1.54, 1.807) is 23.6 Å². The van der Waals surface area contributed by atoms with Crippen LogP contribution in [0.15, 0.2) is 65.7 Å². The van der Waals surface area contributed by atoms with Gasteiger partial charge in [0.05, 0.1) is 5.57 Å². The molecule has 0 radical (unpaired) electrons. The Bertz CT molecular complexity index is 1100. The summed E-state index contributed by atoms with van der Waals surface area (Å²) in [5, 5.41) is 13.2. The maximum Gasteiger partial charge on any atom is 0.301 e. The van der Waals surface area contributed by atoms with Gasteiger partial charge in [-0.15, -0.1) is 11.3 Å². The van der Waals surface area contributed by atoms with Crippen molar-refractivity contribution in [3.05, 3.63) is 87.6 Å². The Balaban J connectivity index is 1.96. The third-order valence-corrected chi connectivity index (χ3v) is 5.41. The van der Waals surface area contributed by atoms with E-state index >= 15 is 0 Å². The molecule has 1 amide bonds. The van der Waals surface area contributed by atoms with E-state index in [1.165, 1.54) is 36.5 Å². The number of aromatic nitrogens is 1. The van der Waals surface area contributed by atoms with E-state index in [0.29, 0.717) is 10.6 Å². The number of hydrogen-bond acceptors (Lipinski definition) is 5. The lowest BCUT2D eigenvalue weighted by Gasteiger charge is -2.23. The predicted octanol–water partition coefficient (Wildman–Crippen LogP) is 4.56. The van der Waals surface area contributed by atoms with Crippen LogP contribution in [0.1, 0.15) is 17.2 Å². The van der Waals surface area contributed by atoms with E-state index in [-0.39, 0.29) is 16.3 Å². The lowest BCUT2D eigenvalue weighted by atomic mass is 9.95. The number of carbonyl (C=O) groups is 2. The zero-order chi connectivity index (χ0) is 19.8. The van der Waals surface area contributed by atoms with Crippen molar-refractivity contribution in [1.82, 2.24) is 4.98 Å². The minimum atomic E-state index is -1.14. The van der Waals surface area contributed by atoms with Gasteiger partial charge in [-0.1, -0.05) is 29.8 Å². The summed E-state index contributed by atoms with van der Waals surface area (Å²) in [5.74, 6) is -2.78. The number of anilines is 1. The molecule has 1 saturated heterocycles. The molecule has 0 aliphatic carbocycles. The van der Waals surface area contributed by atoms with Crippen LogP contribution >= 0.6 is 22.9 Å². The van der Waals surface area contributed by atoms with Crippen molar-refractivity contribution in [2.75, 3.05) is 4.90 Å². The maximum absolute atomic E-state index is 14.6. The highest BCUT2D eigenvalue weighted by atomic mass is 35.5. The number of benzene rings is 2. The molecule has 1 unspecified atom stereocenters. The van der Waals surface area contributed by atoms with Gasteiger partial charge in [-0.3, -0.25) is 14.5 Å². The van der Waals surface area contributed by atoms with Crippen LogP contribution in [-0.2, 0) is 9.59 Å². The fourth-order valence-electron chi connectivity index (χ4n) is 3.12. The largest absolute Gasteiger partial charge is 0.507 e. The van der Waals surface area contributed by atoms with Crippen molar-refractivity contribution in [3.8, 4) is 0 Å². The fourth-order valence-corrected chi connectivity index (χ4v) is 3.91. The van der Waals surface area contributed by atoms with Gasteiger partial charge in [0, 0.05) is 27.7 Å². The van der Waals surface area contributed by atoms with Crippen molar-refractivity contribution < 1.29 is 19.1 Å². The van der Waals surface area contributed by atoms with Gasteiger partial charge in [-0.05, 0) is 30.3 Å². The highest BCUT2D eigenvalue weighted by Crippen LogP contribution is 2.43. The van der Waals surface area contributed by atoms with Crippen LogP contribution in [0.25, 0.3) is 5.76 Å². The number of nitrogens with zero attached hydrogens (tertiary/aromatic N) is 2. The summed E-state index contributed by atoms with van der Waals surface area (Å²) in [6.07, 6.45) is 1.48. The molecule has 5 nitrogen and oxygen atoms in total. The average Bonchev–Trinajstić information content (AvgIpc) is 3.30. The molecular weight excluding hydrogens is 403 g/mol. The normalized spacial score (nSPS) is 18.6. The molecule has 1 aliphatic rings. The second kappa shape index (κ2) is 7.18. The van der Waals surface area contributed by atoms with Gasteiger partial charge < -0.3 is 5.11 Å². The van der Waals surface area contributed by atoms with Gasteiger partial charge in [0.2, 0.25) is 0 Å². The van der Waals surface area contributed by atoms with Crippen LogP contribution in [-0.4, -0.2) is 21.8 Å². The fraction of sp³-hybridized carbons (Fsp3) is 0.0500. The first kappa shape index (κ1) is 18.3. The molecule has 3 aromatic rings. The number of halogens is 2. The van der Waals surface area contributed by atoms with E-state index in [4.69, 9.17) is 11.6 Å². The molecule has 1 atom stereocenters. The van der Waals surface area contributed by atoms with Crippen molar-refractivity contribution in [2.24, 2.45) is 0 Å². The Hall–Kier alpha value is -3.03. The molecule has 1 fully saturated rings. The molecule has 2 heterocycles. The van der Waals surface area contributed by atoms with Crippen molar-refractivity contribution in [3.63, 3.8) is 0 Å². The molecule has 28 heavy (non-hydrogen) atoms. The van der Waals surface area contributed by atoms with E-state index in [9.17, 15) is 19.1 Å². The third kappa shape index (κ3) is 2.98. The molecule has 0 spiro atoms. The molecule has 140 valence electrons. The van der Waals surface area contributed by atoms with Gasteiger partial charge in [0.15, 0.2) is 5.13 Å². The molecule has 0 bridgehead atoms. The summed E-state index contributed by atoms with van der Waals surface area (Å²) < 4.78 is 14.6. The molecule has 1 N–H and O–H groups in total. The van der Waals surface area contributed by atoms with Gasteiger partial charge in [-0.2, -0.15) is 0 Å². The minimum Gasteiger partial charge on any atom is -0.507 e. The van der Waals surface area contributed by atoms with Crippen LogP contribution in [0.3, 0.4) is 0 Å². The van der Waals surface area contributed by atoms with Crippen LogP contribution in [0.2, 0.25) is 5.02 Å². The van der Waals surface area contributed by atoms with E-state index in [2.05, 4.69) is 4.98 Å². The lowest BCUT2D eigenvalue weighted by molar-refractivity contribution is -0.132. The summed E-state index contributed by atoms with van der Waals surface area (Å²) in [6.45, 7) is 0. The monoisotopic (exact) mass is 414 g/mol. The summed E-state index contributed by atoms with van der Waals surface area (Å²) in [6, 6.07) is 10.8. The van der Waals surface area contributed by atoms with E-state index < -0.39 is 29.3 Å². The van der Waals surface area contributed by atoms with Crippen LogP contribution < -0.4 is 4.90 Å². The quantitative estimate of drug-likeness (QED) is 0.387. The zero-order valence-electron chi connectivity index (χ0n) is 14.2. The van der Waals surface area contributed by atoms with Crippen molar-refractivity contribution in [1.29, 1.82) is 0 Å². The lowest BCUT2D eigenvalue weighted by Crippen LogP contribution is -2.29. The number of Topliss-reactive ketones (excluding diaryl/α,β-unsaturated/α-hetero) is 1. The zero-order valence-corrected chi connectivity index (χ0v) is 15.7. The Labute approximate surface area is 168 Å². The second-order valence-corrected chi connectivity index (χ2v) is 7.32. The number of ketones is 1. The Kier molecular flexibility index (Phi) is 4.70. The first-order valence-corrected chi connectivity index (χ1v) is 9.45. The number of rotatable bonds is 3. The molecule has 0 saturated carbocycles. The van der Waals surface area contributed by atoms with Gasteiger partial charge in [0.25, 0.3) is 5.78 Å². The Morgan fingerprint density at radius 3 is 2.50 bits per heavy atom. The molecule has 4 rings (SSSR count). The number of carbonyl (C=O) groups excluding carboxylic acids is 2. The minimum absolute atomic E-state index is 0.0902. The molecule has 2 aromatic carbocycles.